The summed E-state index contributed by atoms with van der Waals surface area (Å²) >= 11 is 0. The van der Waals surface area contributed by atoms with Gasteiger partial charge in [-0.25, -0.2) is 0 Å². The fourth-order valence-corrected chi connectivity index (χ4v) is 2.28. The minimum atomic E-state index is 0.0123. The summed E-state index contributed by atoms with van der Waals surface area (Å²) in [7, 11) is 0. The first-order valence-electron chi connectivity index (χ1n) is 6.76. The molecule has 0 saturated carbocycles. The lowest BCUT2D eigenvalue weighted by Gasteiger charge is -2.08. The van der Waals surface area contributed by atoms with Gasteiger partial charge in [0.05, 0.1) is 0 Å². The van der Waals surface area contributed by atoms with Gasteiger partial charge in [-0.15, -0.1) is 0 Å². The van der Waals surface area contributed by atoms with Crippen LogP contribution in [0.4, 0.5) is 11.4 Å². The zero-order valence-electron chi connectivity index (χ0n) is 11.9. The summed E-state index contributed by atoms with van der Waals surface area (Å²) in [6.07, 6.45) is 1.09. The number of aryl methyl sites for hydroxylation is 3. The molecule has 0 aliphatic carbocycles. The summed E-state index contributed by atoms with van der Waals surface area (Å²) in [6.45, 7) is 4.04. The highest BCUT2D eigenvalue weighted by Gasteiger charge is 2.05. The highest BCUT2D eigenvalue weighted by Crippen LogP contribution is 2.16. The van der Waals surface area contributed by atoms with Gasteiger partial charge in [-0.2, -0.15) is 0 Å². The van der Waals surface area contributed by atoms with E-state index in [0.29, 0.717) is 12.8 Å². The van der Waals surface area contributed by atoms with Crippen molar-refractivity contribution in [3.8, 4) is 0 Å². The lowest BCUT2D eigenvalue weighted by atomic mass is 10.1. The van der Waals surface area contributed by atoms with E-state index >= 15 is 0 Å². The molecule has 0 heterocycles. The Hall–Kier alpha value is -2.29. The maximum Gasteiger partial charge on any atom is 0.224 e. The van der Waals surface area contributed by atoms with Crippen LogP contribution in [0.2, 0.25) is 0 Å². The SMILES string of the molecule is Cc1cc(C)cc(NC(=O)CCc2ccccc2N)c1. The third-order valence-corrected chi connectivity index (χ3v) is 3.18. The smallest absolute Gasteiger partial charge is 0.224 e. The number of rotatable bonds is 4. The molecule has 0 radical (unpaired) electrons. The fourth-order valence-electron chi connectivity index (χ4n) is 2.28. The van der Waals surface area contributed by atoms with E-state index in [1.54, 1.807) is 0 Å². The van der Waals surface area contributed by atoms with E-state index in [1.807, 2.05) is 50.2 Å². The van der Waals surface area contributed by atoms with Crippen molar-refractivity contribution in [1.29, 1.82) is 0 Å². The van der Waals surface area contributed by atoms with Gasteiger partial charge < -0.3 is 11.1 Å². The van der Waals surface area contributed by atoms with Crippen molar-refractivity contribution in [3.63, 3.8) is 0 Å². The molecule has 2 aromatic rings. The minimum Gasteiger partial charge on any atom is -0.399 e. The summed E-state index contributed by atoms with van der Waals surface area (Å²) < 4.78 is 0. The Morgan fingerprint density at radius 3 is 2.40 bits per heavy atom. The van der Waals surface area contributed by atoms with E-state index in [1.165, 1.54) is 0 Å². The standard InChI is InChI=1S/C17H20N2O/c1-12-9-13(2)11-15(10-12)19-17(20)8-7-14-5-3-4-6-16(14)18/h3-6,9-11H,7-8,18H2,1-2H3,(H,19,20). The molecule has 3 heteroatoms. The van der Waals surface area contributed by atoms with E-state index in [-0.39, 0.29) is 5.91 Å². The number of benzene rings is 2. The summed E-state index contributed by atoms with van der Waals surface area (Å²) in [6, 6.07) is 13.7. The Kier molecular flexibility index (Phi) is 4.41. The third kappa shape index (κ3) is 3.85. The molecule has 0 fully saturated rings. The molecule has 0 atom stereocenters. The Labute approximate surface area is 119 Å². The van der Waals surface area contributed by atoms with Gasteiger partial charge >= 0.3 is 0 Å². The molecule has 3 N–H and O–H groups in total. The number of para-hydroxylation sites is 1. The average Bonchev–Trinajstić information content (AvgIpc) is 2.36. The van der Waals surface area contributed by atoms with Crippen LogP contribution in [0, 0.1) is 13.8 Å². The number of carbonyl (C=O) groups excluding carboxylic acids is 1. The Balaban J connectivity index is 1.94. The van der Waals surface area contributed by atoms with Crippen molar-refractivity contribution in [2.45, 2.75) is 26.7 Å². The second-order valence-electron chi connectivity index (χ2n) is 5.12. The van der Waals surface area contributed by atoms with E-state index < -0.39 is 0 Å². The molecule has 104 valence electrons. The minimum absolute atomic E-state index is 0.0123. The highest BCUT2D eigenvalue weighted by atomic mass is 16.1. The quantitative estimate of drug-likeness (QED) is 0.834. The van der Waals surface area contributed by atoms with Crippen LogP contribution in [0.15, 0.2) is 42.5 Å². The van der Waals surface area contributed by atoms with Gasteiger partial charge in [-0.3, -0.25) is 4.79 Å². The number of nitrogens with two attached hydrogens (primary N) is 1. The van der Waals surface area contributed by atoms with E-state index in [4.69, 9.17) is 5.73 Å². The van der Waals surface area contributed by atoms with E-state index in [2.05, 4.69) is 11.4 Å². The molecule has 0 bridgehead atoms. The molecule has 0 spiro atoms. The number of amides is 1. The van der Waals surface area contributed by atoms with Gasteiger partial charge in [0.2, 0.25) is 5.91 Å². The van der Waals surface area contributed by atoms with Crippen molar-refractivity contribution in [2.24, 2.45) is 0 Å². The van der Waals surface area contributed by atoms with Crippen LogP contribution in [0.3, 0.4) is 0 Å². The van der Waals surface area contributed by atoms with Crippen molar-refractivity contribution in [2.75, 3.05) is 11.1 Å². The van der Waals surface area contributed by atoms with Crippen LogP contribution < -0.4 is 11.1 Å². The van der Waals surface area contributed by atoms with Crippen molar-refractivity contribution >= 4 is 17.3 Å². The predicted molar refractivity (Wildman–Crippen MR) is 83.7 cm³/mol. The first kappa shape index (κ1) is 14.1. The molecule has 2 rings (SSSR count). The first-order valence-corrected chi connectivity index (χ1v) is 6.76. The molecular weight excluding hydrogens is 248 g/mol. The zero-order chi connectivity index (χ0) is 14.5. The largest absolute Gasteiger partial charge is 0.399 e. The monoisotopic (exact) mass is 268 g/mol. The fraction of sp³-hybridized carbons (Fsp3) is 0.235. The van der Waals surface area contributed by atoms with Gasteiger partial charge in [-0.1, -0.05) is 24.3 Å². The third-order valence-electron chi connectivity index (χ3n) is 3.18. The Bertz CT molecular complexity index is 600. The summed E-state index contributed by atoms with van der Waals surface area (Å²) in [4.78, 5) is 12.0. The number of nitrogen functional groups attached to an aromatic ring is 1. The van der Waals surface area contributed by atoms with Crippen LogP contribution >= 0.6 is 0 Å². The molecular formula is C17H20N2O. The van der Waals surface area contributed by atoms with Gasteiger partial charge in [0.25, 0.3) is 0 Å². The summed E-state index contributed by atoms with van der Waals surface area (Å²) in [5.41, 5.74) is 10.8. The molecule has 0 unspecified atom stereocenters. The van der Waals surface area contributed by atoms with Gasteiger partial charge in [0, 0.05) is 17.8 Å². The molecule has 2 aromatic carbocycles. The number of hydrogen-bond donors (Lipinski definition) is 2. The second kappa shape index (κ2) is 6.24. The van der Waals surface area contributed by atoms with Gasteiger partial charge in [0.1, 0.15) is 0 Å². The van der Waals surface area contributed by atoms with Gasteiger partial charge in [-0.05, 0) is 55.2 Å². The zero-order valence-corrected chi connectivity index (χ0v) is 11.9. The number of hydrogen-bond acceptors (Lipinski definition) is 2. The van der Waals surface area contributed by atoms with Crippen molar-refractivity contribution in [1.82, 2.24) is 0 Å². The molecule has 0 aliphatic heterocycles. The normalized spacial score (nSPS) is 10.3. The highest BCUT2D eigenvalue weighted by molar-refractivity contribution is 5.91. The van der Waals surface area contributed by atoms with Crippen LogP contribution in [0.25, 0.3) is 0 Å². The second-order valence-corrected chi connectivity index (χ2v) is 5.12. The maximum absolute atomic E-state index is 12.0. The van der Waals surface area contributed by atoms with Gasteiger partial charge in [0.15, 0.2) is 0 Å². The molecule has 20 heavy (non-hydrogen) atoms. The van der Waals surface area contributed by atoms with E-state index in [9.17, 15) is 4.79 Å². The maximum atomic E-state index is 12.0. The lowest BCUT2D eigenvalue weighted by Crippen LogP contribution is -2.13. The average molecular weight is 268 g/mol. The number of carbonyl (C=O) groups is 1. The van der Waals surface area contributed by atoms with Crippen molar-refractivity contribution < 1.29 is 4.79 Å². The van der Waals surface area contributed by atoms with Crippen LogP contribution in [-0.2, 0) is 11.2 Å². The lowest BCUT2D eigenvalue weighted by molar-refractivity contribution is -0.116. The van der Waals surface area contributed by atoms with Crippen molar-refractivity contribution in [3.05, 3.63) is 59.2 Å². The Morgan fingerprint density at radius 1 is 1.10 bits per heavy atom. The molecule has 1 amide bonds. The predicted octanol–water partition coefficient (Wildman–Crippen LogP) is 3.46. The van der Waals surface area contributed by atoms with E-state index in [0.717, 1.165) is 28.1 Å². The van der Waals surface area contributed by atoms with Crippen LogP contribution in [-0.4, -0.2) is 5.91 Å². The molecule has 3 nitrogen and oxygen atoms in total. The van der Waals surface area contributed by atoms with Crippen LogP contribution in [0.5, 0.6) is 0 Å². The molecule has 0 saturated heterocycles. The van der Waals surface area contributed by atoms with Crippen LogP contribution in [0.1, 0.15) is 23.1 Å². The summed E-state index contributed by atoms with van der Waals surface area (Å²) in [5.74, 6) is 0.0123. The first-order chi connectivity index (χ1) is 9.54. The number of anilines is 2. The number of nitrogens with one attached hydrogen (secondary N) is 1. The summed E-state index contributed by atoms with van der Waals surface area (Å²) in [5, 5.41) is 2.93. The topological polar surface area (TPSA) is 55.1 Å². The Morgan fingerprint density at radius 2 is 1.75 bits per heavy atom. The molecule has 0 aliphatic rings. The molecule has 0 aromatic heterocycles.